The second-order valence-corrected chi connectivity index (χ2v) is 5.76. The smallest absolute Gasteiger partial charge is 0.339 e. The van der Waals surface area contributed by atoms with Crippen molar-refractivity contribution in [2.75, 3.05) is 20.3 Å². The Kier molecular flexibility index (Phi) is 7.63. The van der Waals surface area contributed by atoms with Crippen LogP contribution in [0.5, 0.6) is 11.5 Å². The third kappa shape index (κ3) is 6.31. The molecule has 2 rings (SSSR count). The fraction of sp³-hybridized carbons (Fsp3) is 0.300. The first kappa shape index (κ1) is 20.3. The van der Waals surface area contributed by atoms with E-state index in [1.165, 1.54) is 13.2 Å². The van der Waals surface area contributed by atoms with Gasteiger partial charge >= 0.3 is 11.9 Å². The summed E-state index contributed by atoms with van der Waals surface area (Å²) in [5.41, 5.74) is 0.968. The van der Waals surface area contributed by atoms with Crippen LogP contribution < -0.4 is 9.47 Å². The van der Waals surface area contributed by atoms with Crippen LogP contribution in [-0.4, -0.2) is 48.6 Å². The summed E-state index contributed by atoms with van der Waals surface area (Å²) in [4.78, 5) is 22.1. The van der Waals surface area contributed by atoms with Crippen LogP contribution in [-0.2, 0) is 16.0 Å². The fourth-order valence-electron chi connectivity index (χ4n) is 2.41. The molecular formula is C20H22O7. The molecular weight excluding hydrogens is 352 g/mol. The minimum absolute atomic E-state index is 0.129. The molecule has 0 aromatic heterocycles. The van der Waals surface area contributed by atoms with Crippen molar-refractivity contribution < 1.29 is 34.0 Å². The van der Waals surface area contributed by atoms with Crippen LogP contribution in [0, 0.1) is 0 Å². The molecule has 1 unspecified atom stereocenters. The molecule has 0 aliphatic rings. The molecule has 0 saturated heterocycles. The highest BCUT2D eigenvalue weighted by Gasteiger charge is 2.16. The van der Waals surface area contributed by atoms with Gasteiger partial charge in [0.15, 0.2) is 6.10 Å². The van der Waals surface area contributed by atoms with Crippen LogP contribution >= 0.6 is 0 Å². The monoisotopic (exact) mass is 374 g/mol. The van der Waals surface area contributed by atoms with Gasteiger partial charge in [-0.1, -0.05) is 24.3 Å². The number of aliphatic carboxylic acids is 1. The van der Waals surface area contributed by atoms with E-state index in [0.29, 0.717) is 31.1 Å². The van der Waals surface area contributed by atoms with Crippen molar-refractivity contribution in [2.24, 2.45) is 0 Å². The molecule has 0 bridgehead atoms. The summed E-state index contributed by atoms with van der Waals surface area (Å²) < 4.78 is 16.0. The summed E-state index contributed by atoms with van der Waals surface area (Å²) in [7, 11) is 1.37. The van der Waals surface area contributed by atoms with Crippen LogP contribution in [0.2, 0.25) is 0 Å². The second kappa shape index (κ2) is 10.2. The van der Waals surface area contributed by atoms with Crippen molar-refractivity contribution in [3.05, 3.63) is 59.7 Å². The maximum Gasteiger partial charge on any atom is 0.339 e. The second-order valence-electron chi connectivity index (χ2n) is 5.76. The predicted octanol–water partition coefficient (Wildman–Crippen LogP) is 2.87. The molecule has 0 radical (unpaired) electrons. The molecule has 2 N–H and O–H groups in total. The van der Waals surface area contributed by atoms with E-state index in [0.717, 1.165) is 5.56 Å². The zero-order chi connectivity index (χ0) is 19.6. The SMILES string of the molecule is COC(Cc1ccc(OCCCOc2ccccc2C(=O)O)cc1)C(=O)O. The van der Waals surface area contributed by atoms with Gasteiger partial charge in [-0.3, -0.25) is 0 Å². The van der Waals surface area contributed by atoms with Gasteiger partial charge in [-0.05, 0) is 29.8 Å². The highest BCUT2D eigenvalue weighted by Crippen LogP contribution is 2.18. The van der Waals surface area contributed by atoms with Gasteiger partial charge in [0.05, 0.1) is 13.2 Å². The van der Waals surface area contributed by atoms with E-state index >= 15 is 0 Å². The number of hydrogen-bond donors (Lipinski definition) is 2. The van der Waals surface area contributed by atoms with Gasteiger partial charge in [-0.2, -0.15) is 0 Å². The van der Waals surface area contributed by atoms with Crippen molar-refractivity contribution in [2.45, 2.75) is 18.9 Å². The maximum absolute atomic E-state index is 11.1. The molecule has 0 amide bonds. The Morgan fingerprint density at radius 1 is 0.963 bits per heavy atom. The molecule has 1 atom stereocenters. The number of methoxy groups -OCH3 is 1. The van der Waals surface area contributed by atoms with Gasteiger partial charge in [-0.15, -0.1) is 0 Å². The highest BCUT2D eigenvalue weighted by molar-refractivity contribution is 5.90. The summed E-state index contributed by atoms with van der Waals surface area (Å²) in [6.45, 7) is 0.737. The lowest BCUT2D eigenvalue weighted by Crippen LogP contribution is -2.24. The van der Waals surface area contributed by atoms with E-state index in [1.54, 1.807) is 42.5 Å². The van der Waals surface area contributed by atoms with Crippen molar-refractivity contribution in [3.63, 3.8) is 0 Å². The number of carboxylic acids is 2. The lowest BCUT2D eigenvalue weighted by Gasteiger charge is -2.12. The molecule has 0 spiro atoms. The molecule has 27 heavy (non-hydrogen) atoms. The molecule has 0 fully saturated rings. The van der Waals surface area contributed by atoms with Gasteiger partial charge in [0.1, 0.15) is 17.1 Å². The molecule has 0 saturated carbocycles. The highest BCUT2D eigenvalue weighted by atomic mass is 16.5. The van der Waals surface area contributed by atoms with Crippen LogP contribution in [0.25, 0.3) is 0 Å². The lowest BCUT2D eigenvalue weighted by molar-refractivity contribution is -0.148. The molecule has 7 nitrogen and oxygen atoms in total. The first-order valence-corrected chi connectivity index (χ1v) is 8.43. The van der Waals surface area contributed by atoms with E-state index in [2.05, 4.69) is 0 Å². The minimum atomic E-state index is -1.03. The number of benzene rings is 2. The first-order chi connectivity index (χ1) is 13.0. The van der Waals surface area contributed by atoms with E-state index < -0.39 is 18.0 Å². The largest absolute Gasteiger partial charge is 0.493 e. The van der Waals surface area contributed by atoms with Crippen molar-refractivity contribution in [1.82, 2.24) is 0 Å². The Morgan fingerprint density at radius 2 is 1.63 bits per heavy atom. The number of ether oxygens (including phenoxy) is 3. The van der Waals surface area contributed by atoms with Crippen LogP contribution in [0.3, 0.4) is 0 Å². The van der Waals surface area contributed by atoms with E-state index in [-0.39, 0.29) is 12.0 Å². The molecule has 2 aromatic rings. The molecule has 7 heteroatoms. The summed E-state index contributed by atoms with van der Waals surface area (Å²) in [6.07, 6.45) is -0.00810. The van der Waals surface area contributed by atoms with Crippen LogP contribution in [0.1, 0.15) is 22.3 Å². The van der Waals surface area contributed by atoms with Gasteiger partial charge in [-0.25, -0.2) is 9.59 Å². The fourth-order valence-corrected chi connectivity index (χ4v) is 2.41. The summed E-state index contributed by atoms with van der Waals surface area (Å²) in [5, 5.41) is 18.1. The maximum atomic E-state index is 11.1. The van der Waals surface area contributed by atoms with Gasteiger partial charge in [0.25, 0.3) is 0 Å². The third-order valence-corrected chi connectivity index (χ3v) is 3.84. The summed E-state index contributed by atoms with van der Waals surface area (Å²) in [5.74, 6) is -1.03. The standard InChI is InChI=1S/C20H22O7/c1-25-18(20(23)24)13-14-7-9-15(10-8-14)26-11-4-12-27-17-6-3-2-5-16(17)19(21)22/h2-3,5-10,18H,4,11-13H2,1H3,(H,21,22)(H,23,24). The minimum Gasteiger partial charge on any atom is -0.493 e. The van der Waals surface area contributed by atoms with Gasteiger partial charge in [0.2, 0.25) is 0 Å². The average Bonchev–Trinajstić information content (AvgIpc) is 2.66. The molecule has 2 aromatic carbocycles. The Hall–Kier alpha value is -3.06. The molecule has 144 valence electrons. The van der Waals surface area contributed by atoms with E-state index in [1.807, 2.05) is 0 Å². The number of para-hydroxylation sites is 1. The first-order valence-electron chi connectivity index (χ1n) is 8.43. The van der Waals surface area contributed by atoms with Crippen molar-refractivity contribution in [1.29, 1.82) is 0 Å². The Bertz CT molecular complexity index is 755. The van der Waals surface area contributed by atoms with E-state index in [4.69, 9.17) is 24.4 Å². The Morgan fingerprint density at radius 3 is 2.26 bits per heavy atom. The normalized spacial score (nSPS) is 11.6. The van der Waals surface area contributed by atoms with Crippen molar-refractivity contribution in [3.8, 4) is 11.5 Å². The van der Waals surface area contributed by atoms with Crippen molar-refractivity contribution >= 4 is 11.9 Å². The Balaban J connectivity index is 1.75. The van der Waals surface area contributed by atoms with Crippen LogP contribution in [0.4, 0.5) is 0 Å². The lowest BCUT2D eigenvalue weighted by atomic mass is 10.1. The quantitative estimate of drug-likeness (QED) is 0.583. The topological polar surface area (TPSA) is 102 Å². The average molecular weight is 374 g/mol. The van der Waals surface area contributed by atoms with Gasteiger partial charge in [0, 0.05) is 20.0 Å². The molecule has 0 aliphatic carbocycles. The number of hydrogen-bond acceptors (Lipinski definition) is 5. The number of carboxylic acid groups (broad SMARTS) is 2. The number of aromatic carboxylic acids is 1. The molecule has 0 aliphatic heterocycles. The zero-order valence-electron chi connectivity index (χ0n) is 15.0. The van der Waals surface area contributed by atoms with E-state index in [9.17, 15) is 9.59 Å². The summed E-state index contributed by atoms with van der Waals surface area (Å²) >= 11 is 0. The molecule has 0 heterocycles. The number of carbonyl (C=O) groups is 2. The predicted molar refractivity (Wildman–Crippen MR) is 97.6 cm³/mol. The third-order valence-electron chi connectivity index (χ3n) is 3.84. The summed E-state index contributed by atoms with van der Waals surface area (Å²) in [6, 6.07) is 13.6. The zero-order valence-corrected chi connectivity index (χ0v) is 15.0. The van der Waals surface area contributed by atoms with Crippen LogP contribution in [0.15, 0.2) is 48.5 Å². The number of rotatable bonds is 11. The Labute approximate surface area is 157 Å². The van der Waals surface area contributed by atoms with Gasteiger partial charge < -0.3 is 24.4 Å².